The Hall–Kier alpha value is -3.22. The number of carbonyl (C=O) groups excluding carboxylic acids is 1. The van der Waals surface area contributed by atoms with Crippen LogP contribution in [0, 0.1) is 0 Å². The van der Waals surface area contributed by atoms with Crippen LogP contribution in [-0.4, -0.2) is 87.0 Å². The van der Waals surface area contributed by atoms with Gasteiger partial charge in [-0.15, -0.1) is 11.3 Å². The van der Waals surface area contributed by atoms with Gasteiger partial charge in [0.05, 0.1) is 10.6 Å². The first-order valence-electron chi connectivity index (χ1n) is 12.8. The molecule has 2 aliphatic heterocycles. The number of anilines is 2. The van der Waals surface area contributed by atoms with Crippen molar-refractivity contribution < 1.29 is 13.2 Å². The molecule has 202 valence electrons. The van der Waals surface area contributed by atoms with Crippen molar-refractivity contribution in [1.82, 2.24) is 24.5 Å². The number of hydrogen-bond acceptors (Lipinski definition) is 8. The zero-order valence-corrected chi connectivity index (χ0v) is 23.3. The minimum Gasteiger partial charge on any atom is -0.378 e. The molecule has 2 saturated heterocycles. The predicted molar refractivity (Wildman–Crippen MR) is 151 cm³/mol. The maximum Gasteiger partial charge on any atom is 0.317 e. The molecule has 10 nitrogen and oxygen atoms in total. The maximum absolute atomic E-state index is 13.3. The Kier molecular flexibility index (Phi) is 7.82. The van der Waals surface area contributed by atoms with Gasteiger partial charge in [0.25, 0.3) is 10.0 Å². The lowest BCUT2D eigenvalue weighted by Crippen LogP contribution is -2.35. The van der Waals surface area contributed by atoms with E-state index in [4.69, 9.17) is 4.98 Å². The molecular formula is C26H33N7O3S2. The number of amides is 2. The van der Waals surface area contributed by atoms with Gasteiger partial charge in [0, 0.05) is 70.8 Å². The molecule has 2 N–H and O–H groups in total. The van der Waals surface area contributed by atoms with Crippen molar-refractivity contribution >= 4 is 39.0 Å². The van der Waals surface area contributed by atoms with E-state index in [1.807, 2.05) is 43.3 Å². The molecule has 0 aliphatic carbocycles. The Morgan fingerprint density at radius 2 is 1.92 bits per heavy atom. The number of nitrogens with zero attached hydrogens (tertiary/aromatic N) is 5. The zero-order valence-electron chi connectivity index (χ0n) is 21.7. The minimum absolute atomic E-state index is 0.0643. The summed E-state index contributed by atoms with van der Waals surface area (Å²) in [5.41, 5.74) is 3.48. The Morgan fingerprint density at radius 1 is 1.11 bits per heavy atom. The van der Waals surface area contributed by atoms with Gasteiger partial charge in [-0.25, -0.2) is 23.2 Å². The van der Waals surface area contributed by atoms with E-state index in [0.29, 0.717) is 55.1 Å². The highest BCUT2D eigenvalue weighted by Crippen LogP contribution is 2.38. The summed E-state index contributed by atoms with van der Waals surface area (Å²) >= 11 is 1.24. The van der Waals surface area contributed by atoms with Crippen LogP contribution in [0.1, 0.15) is 19.3 Å². The third-order valence-electron chi connectivity index (χ3n) is 6.80. The average molecular weight is 556 g/mol. The van der Waals surface area contributed by atoms with Crippen LogP contribution in [0.4, 0.5) is 16.4 Å². The van der Waals surface area contributed by atoms with E-state index in [-0.39, 0.29) is 6.03 Å². The Bertz CT molecular complexity index is 1400. The van der Waals surface area contributed by atoms with Gasteiger partial charge in [0.15, 0.2) is 0 Å². The highest BCUT2D eigenvalue weighted by molar-refractivity contribution is 7.91. The molecule has 0 spiro atoms. The lowest BCUT2D eigenvalue weighted by Gasteiger charge is -2.25. The number of rotatable bonds is 9. The van der Waals surface area contributed by atoms with Gasteiger partial charge in [0.2, 0.25) is 5.95 Å². The van der Waals surface area contributed by atoms with Gasteiger partial charge < -0.3 is 20.4 Å². The molecule has 2 aromatic heterocycles. The summed E-state index contributed by atoms with van der Waals surface area (Å²) in [6.07, 6.45) is 4.63. The molecule has 38 heavy (non-hydrogen) atoms. The van der Waals surface area contributed by atoms with Crippen LogP contribution in [0.15, 0.2) is 46.8 Å². The topological polar surface area (TPSA) is 111 Å². The second-order valence-electron chi connectivity index (χ2n) is 9.63. The fraction of sp³-hybridized carbons (Fsp3) is 0.423. The molecule has 0 unspecified atom stereocenters. The van der Waals surface area contributed by atoms with Crippen molar-refractivity contribution in [3.63, 3.8) is 0 Å². The molecule has 1 aromatic carbocycles. The second kappa shape index (κ2) is 11.3. The van der Waals surface area contributed by atoms with Crippen molar-refractivity contribution in [1.29, 1.82) is 0 Å². The number of urea groups is 1. The van der Waals surface area contributed by atoms with E-state index in [2.05, 4.69) is 21.7 Å². The quantitative estimate of drug-likeness (QED) is 0.415. The Morgan fingerprint density at radius 3 is 2.66 bits per heavy atom. The van der Waals surface area contributed by atoms with Crippen LogP contribution in [0.3, 0.4) is 0 Å². The van der Waals surface area contributed by atoms with Crippen molar-refractivity contribution in [3.05, 3.63) is 42.6 Å². The van der Waals surface area contributed by atoms with Crippen molar-refractivity contribution in [2.24, 2.45) is 0 Å². The van der Waals surface area contributed by atoms with E-state index in [0.717, 1.165) is 41.0 Å². The number of nitrogens with one attached hydrogen (secondary N) is 2. The van der Waals surface area contributed by atoms with Crippen molar-refractivity contribution in [2.45, 2.75) is 23.5 Å². The van der Waals surface area contributed by atoms with Gasteiger partial charge in [-0.1, -0.05) is 18.6 Å². The monoisotopic (exact) mass is 555 g/mol. The lowest BCUT2D eigenvalue weighted by atomic mass is 10.0. The summed E-state index contributed by atoms with van der Waals surface area (Å²) in [6, 6.07) is 11.6. The Labute approximate surface area is 227 Å². The molecule has 12 heteroatoms. The third kappa shape index (κ3) is 5.62. The summed E-state index contributed by atoms with van der Waals surface area (Å²) in [5.74, 6) is 0.431. The molecule has 3 aromatic rings. The normalized spacial score (nSPS) is 16.5. The highest BCUT2D eigenvalue weighted by Gasteiger charge is 2.28. The number of benzene rings is 1. The van der Waals surface area contributed by atoms with Gasteiger partial charge in [0.1, 0.15) is 4.21 Å². The summed E-state index contributed by atoms with van der Waals surface area (Å²) in [5, 5.41) is 6.02. The highest BCUT2D eigenvalue weighted by atomic mass is 32.2. The van der Waals surface area contributed by atoms with Gasteiger partial charge >= 0.3 is 6.03 Å². The number of piperidine rings is 1. The first kappa shape index (κ1) is 26.4. The predicted octanol–water partition coefficient (Wildman–Crippen LogP) is 3.55. The number of thiophene rings is 1. The first-order chi connectivity index (χ1) is 18.3. The van der Waals surface area contributed by atoms with Crippen LogP contribution in [0.5, 0.6) is 0 Å². The molecule has 0 radical (unpaired) electrons. The second-order valence-corrected chi connectivity index (χ2v) is 12.9. The van der Waals surface area contributed by atoms with Crippen LogP contribution in [-0.2, 0) is 10.0 Å². The van der Waals surface area contributed by atoms with Gasteiger partial charge in [-0.2, -0.15) is 4.31 Å². The maximum atomic E-state index is 13.3. The standard InChI is InChI=1S/C26H33N7O3S2/c1-31(2)20-8-6-7-19(17-20)21-18-29-25(27-11-15-32-16-12-28-26(32)34)30-24(21)22-9-10-23(37-22)38(35,36)33-13-4-3-5-14-33/h6-10,17-18H,3-5,11-16H2,1-2H3,(H,28,34)(H,27,29,30). The van der Waals surface area contributed by atoms with Crippen LogP contribution in [0.2, 0.25) is 0 Å². The van der Waals surface area contributed by atoms with Crippen molar-refractivity contribution in [3.8, 4) is 21.7 Å². The fourth-order valence-electron chi connectivity index (χ4n) is 4.66. The van der Waals surface area contributed by atoms with E-state index < -0.39 is 10.0 Å². The lowest BCUT2D eigenvalue weighted by molar-refractivity contribution is 0.219. The number of hydrogen-bond donors (Lipinski definition) is 2. The largest absolute Gasteiger partial charge is 0.378 e. The summed E-state index contributed by atoms with van der Waals surface area (Å²) in [4.78, 5) is 25.7. The fourth-order valence-corrected chi connectivity index (χ4v) is 7.64. The first-order valence-corrected chi connectivity index (χ1v) is 15.1. The van der Waals surface area contributed by atoms with Crippen LogP contribution in [0.25, 0.3) is 21.7 Å². The van der Waals surface area contributed by atoms with Gasteiger partial charge in [-0.05, 0) is 42.7 Å². The number of carbonyl (C=O) groups is 1. The number of aromatic nitrogens is 2. The average Bonchev–Trinajstić information content (AvgIpc) is 3.59. The molecule has 0 saturated carbocycles. The van der Waals surface area contributed by atoms with E-state index >= 15 is 0 Å². The molecule has 2 aliphatic rings. The molecule has 0 bridgehead atoms. The summed E-state index contributed by atoms with van der Waals surface area (Å²) < 4.78 is 28.6. The molecule has 5 rings (SSSR count). The molecular weight excluding hydrogens is 522 g/mol. The number of sulfonamides is 1. The van der Waals surface area contributed by atoms with Gasteiger partial charge in [-0.3, -0.25) is 0 Å². The van der Waals surface area contributed by atoms with Crippen LogP contribution >= 0.6 is 11.3 Å². The van der Waals surface area contributed by atoms with E-state index in [9.17, 15) is 13.2 Å². The molecule has 2 amide bonds. The summed E-state index contributed by atoms with van der Waals surface area (Å²) in [7, 11) is 0.434. The smallest absolute Gasteiger partial charge is 0.317 e. The third-order valence-corrected chi connectivity index (χ3v) is 10.3. The SMILES string of the molecule is CN(C)c1cccc(-c2cnc(NCCN3CCNC3=O)nc2-c2ccc(S(=O)(=O)N3CCCCC3)s2)c1. The molecule has 0 atom stereocenters. The molecule has 2 fully saturated rings. The van der Waals surface area contributed by atoms with E-state index in [1.54, 1.807) is 21.5 Å². The molecule has 4 heterocycles. The van der Waals surface area contributed by atoms with E-state index in [1.165, 1.54) is 11.3 Å². The summed E-state index contributed by atoms with van der Waals surface area (Å²) in [6.45, 7) is 3.50. The zero-order chi connectivity index (χ0) is 26.7. The Balaban J connectivity index is 1.47. The minimum atomic E-state index is -3.54. The van der Waals surface area contributed by atoms with Crippen molar-refractivity contribution in [2.75, 3.05) is 63.6 Å². The van der Waals surface area contributed by atoms with Crippen LogP contribution < -0.4 is 15.5 Å².